The number of aliphatic hydroxyl groups excluding tert-OH is 1. The molecule has 3 atom stereocenters. The number of likely N-dealkylation sites (N-methyl/N-ethyl adjacent to an activating group) is 1. The number of rotatable bonds is 3. The molecule has 4 heteroatoms. The van der Waals surface area contributed by atoms with Crippen molar-refractivity contribution in [2.24, 2.45) is 0 Å². The van der Waals surface area contributed by atoms with Gasteiger partial charge in [0.25, 0.3) is 0 Å². The average Bonchev–Trinajstić information content (AvgIpc) is 2.94. The van der Waals surface area contributed by atoms with E-state index in [1.165, 1.54) is 0 Å². The van der Waals surface area contributed by atoms with Crippen molar-refractivity contribution in [2.45, 2.75) is 50.4 Å². The molecule has 2 aliphatic rings. The van der Waals surface area contributed by atoms with E-state index in [0.29, 0.717) is 6.42 Å². The van der Waals surface area contributed by atoms with Crippen LogP contribution >= 0.6 is 0 Å². The van der Waals surface area contributed by atoms with Crippen molar-refractivity contribution < 1.29 is 19.1 Å². The molecule has 0 saturated carbocycles. The van der Waals surface area contributed by atoms with E-state index >= 15 is 0 Å². The molecule has 148 valence electrons. The summed E-state index contributed by atoms with van der Waals surface area (Å²) < 4.78 is 6.86. The van der Waals surface area contributed by atoms with E-state index in [2.05, 4.69) is 26.2 Å². The number of carbonyl (C=O) groups excluding carboxylic acids is 1. The van der Waals surface area contributed by atoms with Crippen molar-refractivity contribution >= 4 is 5.97 Å². The van der Waals surface area contributed by atoms with Gasteiger partial charge in [-0.05, 0) is 36.1 Å². The number of piperidine rings is 1. The summed E-state index contributed by atoms with van der Waals surface area (Å²) in [5.74, 6) is -0.188. The normalized spacial score (nSPS) is 25.5. The third kappa shape index (κ3) is 2.87. The van der Waals surface area contributed by atoms with Gasteiger partial charge in [0.2, 0.25) is 0 Å². The maximum atomic E-state index is 13.5. The Hall–Kier alpha value is -2.17. The van der Waals surface area contributed by atoms with Crippen LogP contribution in [-0.4, -0.2) is 54.4 Å². The number of ether oxygens (including phenoxy) is 1. The van der Waals surface area contributed by atoms with Crippen LogP contribution in [0.15, 0.2) is 48.5 Å². The molecule has 0 unspecified atom stereocenters. The second-order valence-corrected chi connectivity index (χ2v) is 9.08. The lowest BCUT2D eigenvalue weighted by molar-refractivity contribution is -0.924. The fourth-order valence-corrected chi connectivity index (χ4v) is 5.15. The molecule has 0 radical (unpaired) electrons. The number of carbonyl (C=O) groups is 1. The van der Waals surface area contributed by atoms with Gasteiger partial charge in [-0.25, -0.2) is 0 Å². The van der Waals surface area contributed by atoms with Gasteiger partial charge in [0.1, 0.15) is 23.7 Å². The molecule has 1 aliphatic heterocycles. The molecule has 4 nitrogen and oxygen atoms in total. The van der Waals surface area contributed by atoms with Crippen LogP contribution in [0.3, 0.4) is 0 Å². The van der Waals surface area contributed by atoms with Crippen molar-refractivity contribution in [3.63, 3.8) is 0 Å². The molecule has 1 N–H and O–H groups in total. The molecule has 4 rings (SSSR count). The Kier molecular flexibility index (Phi) is 4.59. The van der Waals surface area contributed by atoms with Crippen LogP contribution in [0.4, 0.5) is 0 Å². The first-order valence-electron chi connectivity index (χ1n) is 10.2. The first-order chi connectivity index (χ1) is 13.2. The van der Waals surface area contributed by atoms with Crippen LogP contribution in [0, 0.1) is 0 Å². The quantitative estimate of drug-likeness (QED) is 0.655. The number of nitrogens with zero attached hydrogens (tertiary/aromatic N) is 1. The largest absolute Gasteiger partial charge is 0.461 e. The fraction of sp³-hybridized carbons (Fsp3) is 0.458. The minimum Gasteiger partial charge on any atom is -0.461 e. The number of hydrogen-bond acceptors (Lipinski definition) is 3. The Bertz CT molecular complexity index is 857. The molecule has 1 heterocycles. The number of hydrogen-bond donors (Lipinski definition) is 1. The van der Waals surface area contributed by atoms with Gasteiger partial charge in [-0.15, -0.1) is 0 Å². The Morgan fingerprint density at radius 3 is 2.18 bits per heavy atom. The molecule has 28 heavy (non-hydrogen) atoms. The molecular formula is C24H30NO3+. The van der Waals surface area contributed by atoms with Gasteiger partial charge in [0.05, 0.1) is 20.6 Å². The molecule has 1 saturated heterocycles. The molecule has 0 spiro atoms. The smallest absolute Gasteiger partial charge is 0.321 e. The highest BCUT2D eigenvalue weighted by molar-refractivity contribution is 5.97. The highest BCUT2D eigenvalue weighted by Gasteiger charge is 2.48. The first-order valence-corrected chi connectivity index (χ1v) is 10.2. The number of aliphatic hydroxyl groups is 1. The molecule has 2 aromatic rings. The lowest BCUT2D eigenvalue weighted by Gasteiger charge is -2.45. The van der Waals surface area contributed by atoms with E-state index in [9.17, 15) is 9.90 Å². The Morgan fingerprint density at radius 2 is 1.64 bits per heavy atom. The predicted molar refractivity (Wildman–Crippen MR) is 110 cm³/mol. The van der Waals surface area contributed by atoms with Crippen molar-refractivity contribution in [2.75, 3.05) is 20.6 Å². The van der Waals surface area contributed by atoms with Crippen LogP contribution in [0.5, 0.6) is 0 Å². The van der Waals surface area contributed by atoms with Gasteiger partial charge < -0.3 is 14.3 Å². The third-order valence-corrected chi connectivity index (χ3v) is 6.89. The summed E-state index contributed by atoms with van der Waals surface area (Å²) >= 11 is 0. The van der Waals surface area contributed by atoms with E-state index in [0.717, 1.165) is 39.7 Å². The van der Waals surface area contributed by atoms with E-state index in [-0.39, 0.29) is 18.1 Å². The van der Waals surface area contributed by atoms with Gasteiger partial charge in [-0.1, -0.05) is 48.5 Å². The second kappa shape index (κ2) is 6.71. The summed E-state index contributed by atoms with van der Waals surface area (Å²) in [6.45, 7) is 4.70. The predicted octanol–water partition coefficient (Wildman–Crippen LogP) is 3.50. The molecule has 2 aromatic carbocycles. The van der Waals surface area contributed by atoms with E-state index in [1.807, 2.05) is 50.2 Å². The summed E-state index contributed by atoms with van der Waals surface area (Å²) in [5.41, 5.74) is 3.46. The standard InChI is InChI=1S/C24H30NO3/c1-16(26)22-15-17(13-14-25(22,3)4)28-23(27)24(2)20-11-7-5-9-18(20)19-10-6-8-12-21(19)24/h5-12,16-17,22,26H,13-15H2,1-4H3/q+1/t16-,17+,22+/m1/s1. The zero-order valence-electron chi connectivity index (χ0n) is 17.2. The van der Waals surface area contributed by atoms with E-state index in [1.54, 1.807) is 0 Å². The highest BCUT2D eigenvalue weighted by Crippen LogP contribution is 2.49. The lowest BCUT2D eigenvalue weighted by atomic mass is 9.80. The Balaban J connectivity index is 1.64. The molecule has 0 aromatic heterocycles. The first kappa shape index (κ1) is 19.2. The van der Waals surface area contributed by atoms with Crippen LogP contribution in [0.25, 0.3) is 11.1 Å². The topological polar surface area (TPSA) is 46.5 Å². The molecule has 0 amide bonds. The molecular weight excluding hydrogens is 350 g/mol. The van der Waals surface area contributed by atoms with Gasteiger partial charge >= 0.3 is 5.97 Å². The molecule has 0 bridgehead atoms. The minimum absolute atomic E-state index is 0.0718. The number of likely N-dealkylation sites (tertiary alicyclic amines) is 1. The van der Waals surface area contributed by atoms with Crippen LogP contribution in [0.2, 0.25) is 0 Å². The average molecular weight is 381 g/mol. The maximum absolute atomic E-state index is 13.5. The monoisotopic (exact) mass is 380 g/mol. The zero-order chi connectivity index (χ0) is 20.1. The summed E-state index contributed by atoms with van der Waals surface area (Å²) in [5, 5.41) is 10.2. The van der Waals surface area contributed by atoms with Gasteiger partial charge in [-0.3, -0.25) is 4.79 Å². The van der Waals surface area contributed by atoms with Crippen molar-refractivity contribution in [3.8, 4) is 11.1 Å². The van der Waals surface area contributed by atoms with Crippen LogP contribution in [-0.2, 0) is 14.9 Å². The zero-order valence-corrected chi connectivity index (χ0v) is 17.2. The summed E-state index contributed by atoms with van der Waals surface area (Å²) in [6, 6.07) is 16.3. The van der Waals surface area contributed by atoms with E-state index < -0.39 is 11.5 Å². The minimum atomic E-state index is -0.796. The number of quaternary nitrogens is 1. The number of esters is 1. The SMILES string of the molecule is C[C@@H](O)[C@@H]1C[C@@H](OC(=O)C2(C)c3ccccc3-c3ccccc32)CC[N+]1(C)C. The van der Waals surface area contributed by atoms with Crippen LogP contribution in [0.1, 0.15) is 37.8 Å². The van der Waals surface area contributed by atoms with Crippen LogP contribution < -0.4 is 0 Å². The Morgan fingerprint density at radius 1 is 1.11 bits per heavy atom. The summed E-state index contributed by atoms with van der Waals surface area (Å²) in [7, 11) is 4.28. The van der Waals surface area contributed by atoms with Crippen molar-refractivity contribution in [3.05, 3.63) is 59.7 Å². The molecule has 1 fully saturated rings. The summed E-state index contributed by atoms with van der Waals surface area (Å²) in [4.78, 5) is 13.5. The summed E-state index contributed by atoms with van der Waals surface area (Å²) in [6.07, 6.45) is 0.923. The fourth-order valence-electron chi connectivity index (χ4n) is 5.15. The lowest BCUT2D eigenvalue weighted by Crippen LogP contribution is -2.59. The molecule has 1 aliphatic carbocycles. The Labute approximate surface area is 167 Å². The van der Waals surface area contributed by atoms with E-state index in [4.69, 9.17) is 4.74 Å². The van der Waals surface area contributed by atoms with Crippen molar-refractivity contribution in [1.29, 1.82) is 0 Å². The highest BCUT2D eigenvalue weighted by atomic mass is 16.5. The third-order valence-electron chi connectivity index (χ3n) is 6.89. The van der Waals surface area contributed by atoms with Gasteiger partial charge in [0, 0.05) is 12.8 Å². The maximum Gasteiger partial charge on any atom is 0.321 e. The van der Waals surface area contributed by atoms with Crippen molar-refractivity contribution in [1.82, 2.24) is 0 Å². The number of benzene rings is 2. The second-order valence-electron chi connectivity index (χ2n) is 9.08. The van der Waals surface area contributed by atoms with Gasteiger partial charge in [-0.2, -0.15) is 0 Å². The number of fused-ring (bicyclic) bond motifs is 3. The van der Waals surface area contributed by atoms with Gasteiger partial charge in [0.15, 0.2) is 0 Å².